The summed E-state index contributed by atoms with van der Waals surface area (Å²) in [6.07, 6.45) is -2.64. The maximum atomic E-state index is 13.9. The summed E-state index contributed by atoms with van der Waals surface area (Å²) in [7, 11) is 2.83. The van der Waals surface area contributed by atoms with Crippen LogP contribution in [0.25, 0.3) is 0 Å². The van der Waals surface area contributed by atoms with Gasteiger partial charge in [0.05, 0.1) is 35.2 Å². The molecule has 1 aromatic rings. The molecular weight excluding hydrogens is 582 g/mol. The van der Waals surface area contributed by atoms with E-state index in [1.807, 2.05) is 0 Å². The van der Waals surface area contributed by atoms with Crippen LogP contribution in [0.5, 0.6) is 5.75 Å². The van der Waals surface area contributed by atoms with E-state index in [-0.39, 0.29) is 23.4 Å². The number of rotatable bonds is 5. The number of primary amides is 1. The van der Waals surface area contributed by atoms with E-state index in [0.29, 0.717) is 5.33 Å². The van der Waals surface area contributed by atoms with Gasteiger partial charge in [0, 0.05) is 11.2 Å². The van der Waals surface area contributed by atoms with Gasteiger partial charge < -0.3 is 25.8 Å². The fourth-order valence-electron chi connectivity index (χ4n) is 6.37. The molecule has 3 aliphatic carbocycles. The molecule has 0 bridgehead atoms. The number of ketones is 4. The van der Waals surface area contributed by atoms with Crippen molar-refractivity contribution in [2.45, 2.75) is 30.6 Å². The summed E-state index contributed by atoms with van der Waals surface area (Å²) >= 11 is 3.10. The number of likely N-dealkylation sites (N-methyl/N-ethyl adjacent to an activating group) is 1. The van der Waals surface area contributed by atoms with E-state index < -0.39 is 88.2 Å². The molecule has 0 saturated heterocycles. The Bertz CT molecular complexity index is 1300. The van der Waals surface area contributed by atoms with Crippen molar-refractivity contribution < 1.29 is 48.8 Å². The number of benzene rings is 1. The number of alkyl halides is 1. The van der Waals surface area contributed by atoms with E-state index in [0.717, 1.165) is 0 Å². The van der Waals surface area contributed by atoms with Crippen LogP contribution in [0.2, 0.25) is 0 Å². The van der Waals surface area contributed by atoms with Gasteiger partial charge in [-0.1, -0.05) is 28.9 Å². The minimum absolute atomic E-state index is 0.0279. The number of hydrogen-bond acceptors (Lipinski definition) is 11. The summed E-state index contributed by atoms with van der Waals surface area (Å²) in [4.78, 5) is 79.6. The average Bonchev–Trinajstić information content (AvgIpc) is 2.85. The zero-order valence-electron chi connectivity index (χ0n) is 21.2. The second-order valence-electron chi connectivity index (χ2n) is 10.2. The van der Waals surface area contributed by atoms with Crippen LogP contribution >= 0.6 is 15.9 Å². The molecule has 3 aliphatic rings. The van der Waals surface area contributed by atoms with E-state index in [2.05, 4.69) is 21.2 Å². The summed E-state index contributed by atoms with van der Waals surface area (Å²) in [5.41, 5.74) is 1.94. The average molecular weight is 610 g/mol. The molecule has 210 valence electrons. The van der Waals surface area contributed by atoms with Crippen LogP contribution in [-0.2, 0) is 23.9 Å². The van der Waals surface area contributed by atoms with E-state index in [1.54, 1.807) is 6.92 Å². The quantitative estimate of drug-likeness (QED) is 0.160. The highest BCUT2D eigenvalue weighted by Crippen LogP contribution is 2.55. The first-order valence-electron chi connectivity index (χ1n) is 12.1. The number of hydrogen-bond donors (Lipinski definition) is 5. The number of phenolic OH excluding ortho intramolecular Hbond substituents is 1. The van der Waals surface area contributed by atoms with E-state index in [1.165, 1.54) is 31.1 Å². The number of fused-ring (bicyclic) bond motifs is 3. The second-order valence-corrected chi connectivity index (χ2v) is 11.0. The van der Waals surface area contributed by atoms with Gasteiger partial charge in [0.2, 0.25) is 5.91 Å². The van der Waals surface area contributed by atoms with Crippen LogP contribution in [-0.4, -0.2) is 99.1 Å². The minimum Gasteiger partial charge on any atom is -0.505 e. The molecule has 8 atom stereocenters. The van der Waals surface area contributed by atoms with Gasteiger partial charge in [-0.2, -0.15) is 0 Å². The van der Waals surface area contributed by atoms with Gasteiger partial charge >= 0.3 is 6.09 Å². The van der Waals surface area contributed by atoms with E-state index >= 15 is 0 Å². The van der Waals surface area contributed by atoms with Crippen molar-refractivity contribution in [2.75, 3.05) is 31.3 Å². The number of aliphatic hydroxyl groups excluding tert-OH is 1. The van der Waals surface area contributed by atoms with E-state index in [9.17, 15) is 44.1 Å². The standard InChI is InChI=1S/C25H28BrN3O10/c1-8-9-4-5-10(28-24(37)39-7-6-26)17(30)12(9)18(31)13-11(8)19(32)15-16(29(2)3)20(33)14(23(27)36)22(35)25(15,38)21(13)34/h4-5,8,11,13-16,19,30,32,38H,6-7H2,1-3H3,(H2,27,36)(H,28,37)/t8-,11+,13?,14?,15+,16-,19-,25-/m1/s1. The Morgan fingerprint density at radius 2 is 1.82 bits per heavy atom. The number of Topliss-reactive ketones (excluding diaryl/α,β-unsaturated/α-hetero) is 4. The second kappa shape index (κ2) is 10.1. The van der Waals surface area contributed by atoms with Crippen LogP contribution in [0.3, 0.4) is 0 Å². The monoisotopic (exact) mass is 609 g/mol. The molecule has 0 aromatic heterocycles. The number of aliphatic hydroxyl groups is 2. The number of anilines is 1. The normalized spacial score (nSPS) is 33.8. The molecule has 6 N–H and O–H groups in total. The lowest BCUT2D eigenvalue weighted by Crippen LogP contribution is -2.77. The highest BCUT2D eigenvalue weighted by Gasteiger charge is 2.72. The van der Waals surface area contributed by atoms with Crippen LogP contribution in [0.15, 0.2) is 12.1 Å². The Labute approximate surface area is 230 Å². The lowest BCUT2D eigenvalue weighted by molar-refractivity contribution is -0.196. The fourth-order valence-corrected chi connectivity index (χ4v) is 6.53. The number of carbonyl (C=O) groups excluding carboxylic acids is 6. The van der Waals surface area contributed by atoms with Crippen molar-refractivity contribution in [3.63, 3.8) is 0 Å². The highest BCUT2D eigenvalue weighted by molar-refractivity contribution is 9.09. The van der Waals surface area contributed by atoms with Gasteiger partial charge in [-0.05, 0) is 31.6 Å². The summed E-state index contributed by atoms with van der Waals surface area (Å²) < 4.78 is 4.89. The van der Waals surface area contributed by atoms with Gasteiger partial charge in [-0.3, -0.25) is 34.2 Å². The number of nitrogens with zero attached hydrogens (tertiary/aromatic N) is 1. The molecule has 39 heavy (non-hydrogen) atoms. The molecular formula is C25H28BrN3O10. The van der Waals surface area contributed by atoms with Crippen LogP contribution in [0.1, 0.15) is 28.8 Å². The van der Waals surface area contributed by atoms with Crippen LogP contribution in [0, 0.1) is 23.7 Å². The van der Waals surface area contributed by atoms with Crippen LogP contribution in [0.4, 0.5) is 10.5 Å². The van der Waals surface area contributed by atoms with Crippen LogP contribution < -0.4 is 11.1 Å². The molecule has 0 radical (unpaired) electrons. The summed E-state index contributed by atoms with van der Waals surface area (Å²) in [5.74, 6) is -14.4. The summed E-state index contributed by atoms with van der Waals surface area (Å²) in [6.45, 7) is 1.62. The molecule has 0 aliphatic heterocycles. The smallest absolute Gasteiger partial charge is 0.411 e. The lowest BCUT2D eigenvalue weighted by atomic mass is 9.49. The lowest BCUT2D eigenvalue weighted by Gasteiger charge is -2.56. The topological polar surface area (TPSA) is 214 Å². The number of nitrogens with two attached hydrogens (primary N) is 1. The van der Waals surface area contributed by atoms with Crippen molar-refractivity contribution in [3.05, 3.63) is 23.3 Å². The van der Waals surface area contributed by atoms with Crippen molar-refractivity contribution in [1.82, 2.24) is 4.90 Å². The Morgan fingerprint density at radius 3 is 2.38 bits per heavy atom. The van der Waals surface area contributed by atoms with Gasteiger partial charge in [-0.25, -0.2) is 4.79 Å². The molecule has 1 aromatic carbocycles. The number of carbonyl (C=O) groups is 6. The fraction of sp³-hybridized carbons (Fsp3) is 0.520. The first-order valence-corrected chi connectivity index (χ1v) is 13.2. The number of aromatic hydroxyl groups is 1. The Morgan fingerprint density at radius 1 is 1.18 bits per heavy atom. The number of ether oxygens (including phenoxy) is 1. The van der Waals surface area contributed by atoms with Crippen molar-refractivity contribution >= 4 is 56.8 Å². The molecule has 2 amide bonds. The zero-order chi connectivity index (χ0) is 29.1. The summed E-state index contributed by atoms with van der Waals surface area (Å²) in [5, 5.41) is 36.8. The number of phenols is 1. The van der Waals surface area contributed by atoms with Crippen molar-refractivity contribution in [1.29, 1.82) is 0 Å². The number of amides is 2. The molecule has 4 rings (SSSR count). The Kier molecular flexibility index (Phi) is 7.44. The number of halogens is 1. The maximum absolute atomic E-state index is 13.9. The first kappa shape index (κ1) is 28.8. The predicted octanol–water partition coefficient (Wildman–Crippen LogP) is -0.658. The zero-order valence-corrected chi connectivity index (χ0v) is 22.8. The van der Waals surface area contributed by atoms with Gasteiger partial charge in [-0.15, -0.1) is 0 Å². The molecule has 0 spiro atoms. The Hall–Kier alpha value is -3.20. The van der Waals surface area contributed by atoms with E-state index in [4.69, 9.17) is 10.5 Å². The summed E-state index contributed by atoms with van der Waals surface area (Å²) in [6, 6.07) is 1.32. The molecule has 0 heterocycles. The number of nitrogens with one attached hydrogen (secondary N) is 1. The molecule has 14 heteroatoms. The molecule has 2 unspecified atom stereocenters. The third-order valence-corrected chi connectivity index (χ3v) is 8.36. The maximum Gasteiger partial charge on any atom is 0.411 e. The largest absolute Gasteiger partial charge is 0.505 e. The minimum atomic E-state index is -3.08. The van der Waals surface area contributed by atoms with Gasteiger partial charge in [0.1, 0.15) is 12.4 Å². The third-order valence-electron chi connectivity index (χ3n) is 8.04. The van der Waals surface area contributed by atoms with Gasteiger partial charge in [0.25, 0.3) is 0 Å². The van der Waals surface area contributed by atoms with Crippen molar-refractivity contribution in [3.8, 4) is 5.75 Å². The first-order chi connectivity index (χ1) is 18.2. The predicted molar refractivity (Wildman–Crippen MR) is 136 cm³/mol. The van der Waals surface area contributed by atoms with Gasteiger partial charge in [0.15, 0.2) is 34.7 Å². The third kappa shape index (κ3) is 4.08. The Balaban J connectivity index is 1.85. The highest BCUT2D eigenvalue weighted by atomic mass is 79.9. The molecule has 2 saturated carbocycles. The van der Waals surface area contributed by atoms with Crippen molar-refractivity contribution in [2.24, 2.45) is 29.4 Å². The SMILES string of the molecule is C[C@@H]1c2ccc(NC(=O)OCCBr)c(O)c2C(=O)C2C(=O)[C@@]3(O)C(=O)C(C(N)=O)C(=O)[C@H](N(C)C)[C@H]3[C@H](O)[C@H]21. The molecule has 2 fully saturated rings. The molecule has 13 nitrogen and oxygen atoms in total.